The third-order valence-electron chi connectivity index (χ3n) is 4.93. The minimum Gasteiger partial charge on any atom is -0.378 e. The lowest BCUT2D eigenvalue weighted by atomic mass is 9.89. The summed E-state index contributed by atoms with van der Waals surface area (Å²) in [6, 6.07) is 10.5. The first-order valence-electron chi connectivity index (χ1n) is 9.00. The van der Waals surface area contributed by atoms with E-state index >= 15 is 0 Å². The number of likely N-dealkylation sites (tertiary alicyclic amines) is 1. The van der Waals surface area contributed by atoms with Crippen molar-refractivity contribution < 1.29 is 14.3 Å². The van der Waals surface area contributed by atoms with E-state index in [1.54, 1.807) is 0 Å². The molecule has 2 aliphatic rings. The van der Waals surface area contributed by atoms with Crippen LogP contribution in [-0.2, 0) is 14.3 Å². The van der Waals surface area contributed by atoms with Gasteiger partial charge in [0, 0.05) is 26.2 Å². The van der Waals surface area contributed by atoms with Gasteiger partial charge in [0.15, 0.2) is 0 Å². The number of ether oxygens (including phenoxy) is 1. The highest BCUT2D eigenvalue weighted by Gasteiger charge is 2.24. The van der Waals surface area contributed by atoms with Crippen LogP contribution in [0, 0.1) is 0 Å². The van der Waals surface area contributed by atoms with E-state index in [2.05, 4.69) is 24.3 Å². The number of rotatable bonds is 5. The molecule has 0 unspecified atom stereocenters. The Morgan fingerprint density at radius 3 is 2.08 bits per heavy atom. The summed E-state index contributed by atoms with van der Waals surface area (Å²) in [5.41, 5.74) is 1.38. The Labute approximate surface area is 153 Å². The van der Waals surface area contributed by atoms with Crippen molar-refractivity contribution in [1.29, 1.82) is 0 Å². The highest BCUT2D eigenvalue weighted by Crippen LogP contribution is 2.27. The summed E-state index contributed by atoms with van der Waals surface area (Å²) in [6.07, 6.45) is 2.04. The summed E-state index contributed by atoms with van der Waals surface area (Å²) in [5, 5.41) is 0. The molecular weight excluding hydrogens is 336 g/mol. The van der Waals surface area contributed by atoms with Crippen LogP contribution in [0.2, 0.25) is 0 Å². The van der Waals surface area contributed by atoms with Crippen molar-refractivity contribution in [2.45, 2.75) is 18.8 Å². The van der Waals surface area contributed by atoms with Crippen molar-refractivity contribution >= 4 is 23.6 Å². The summed E-state index contributed by atoms with van der Waals surface area (Å²) >= 11 is 1.43. The number of nitrogens with zero attached hydrogens (tertiary/aromatic N) is 2. The van der Waals surface area contributed by atoms with Gasteiger partial charge in [-0.3, -0.25) is 9.59 Å². The summed E-state index contributed by atoms with van der Waals surface area (Å²) < 4.78 is 5.25. The molecule has 2 fully saturated rings. The SMILES string of the molecule is O=C(CSCC(=O)N1CCC(c2ccccc2)CC1)N1CCOCC1. The molecule has 0 N–H and O–H groups in total. The molecule has 2 heterocycles. The van der Waals surface area contributed by atoms with Gasteiger partial charge in [-0.25, -0.2) is 0 Å². The Morgan fingerprint density at radius 2 is 1.48 bits per heavy atom. The molecule has 0 aromatic heterocycles. The number of amides is 2. The Balaban J connectivity index is 1.36. The lowest BCUT2D eigenvalue weighted by Crippen LogP contribution is -2.42. The fourth-order valence-electron chi connectivity index (χ4n) is 3.41. The predicted octanol–water partition coefficient (Wildman–Crippen LogP) is 1.98. The maximum atomic E-state index is 12.4. The molecule has 6 heteroatoms. The molecule has 1 aromatic carbocycles. The van der Waals surface area contributed by atoms with Crippen LogP contribution in [0.15, 0.2) is 30.3 Å². The number of morpholine rings is 1. The molecular formula is C19H26N2O3S. The van der Waals surface area contributed by atoms with Gasteiger partial charge in [-0.1, -0.05) is 30.3 Å². The topological polar surface area (TPSA) is 49.9 Å². The van der Waals surface area contributed by atoms with E-state index < -0.39 is 0 Å². The van der Waals surface area contributed by atoms with Crippen molar-refractivity contribution in [1.82, 2.24) is 9.80 Å². The Morgan fingerprint density at radius 1 is 0.920 bits per heavy atom. The molecule has 0 radical (unpaired) electrons. The fraction of sp³-hybridized carbons (Fsp3) is 0.579. The predicted molar refractivity (Wildman–Crippen MR) is 99.7 cm³/mol. The Bertz CT molecular complexity index is 567. The van der Waals surface area contributed by atoms with Gasteiger partial charge in [0.25, 0.3) is 0 Å². The average Bonchev–Trinajstić information content (AvgIpc) is 2.69. The van der Waals surface area contributed by atoms with Crippen molar-refractivity contribution in [3.05, 3.63) is 35.9 Å². The number of hydrogen-bond donors (Lipinski definition) is 0. The number of carbonyl (C=O) groups is 2. The highest BCUT2D eigenvalue weighted by atomic mass is 32.2. The summed E-state index contributed by atoms with van der Waals surface area (Å²) in [4.78, 5) is 28.2. The van der Waals surface area contributed by atoms with E-state index in [-0.39, 0.29) is 11.8 Å². The molecule has 0 bridgehead atoms. The largest absolute Gasteiger partial charge is 0.378 e. The van der Waals surface area contributed by atoms with E-state index in [9.17, 15) is 9.59 Å². The van der Waals surface area contributed by atoms with Crippen LogP contribution >= 0.6 is 11.8 Å². The normalized spacial score (nSPS) is 19.0. The molecule has 1 aromatic rings. The van der Waals surface area contributed by atoms with Crippen molar-refractivity contribution in [2.75, 3.05) is 50.9 Å². The fourth-order valence-corrected chi connectivity index (χ4v) is 4.22. The summed E-state index contributed by atoms with van der Waals surface area (Å²) in [6.45, 7) is 4.20. The summed E-state index contributed by atoms with van der Waals surface area (Å²) in [5.74, 6) is 1.61. The Kier molecular flexibility index (Phi) is 6.76. The molecule has 3 rings (SSSR count). The number of thioether (sulfide) groups is 1. The van der Waals surface area contributed by atoms with E-state index in [4.69, 9.17) is 4.74 Å². The van der Waals surface area contributed by atoms with Gasteiger partial charge >= 0.3 is 0 Å². The third kappa shape index (κ3) is 5.22. The number of benzene rings is 1. The molecule has 0 spiro atoms. The standard InChI is InChI=1S/C19H26N2O3S/c22-18(14-25-15-19(23)21-10-12-24-13-11-21)20-8-6-17(7-9-20)16-4-2-1-3-5-16/h1-5,17H,6-15H2. The third-order valence-corrected chi connectivity index (χ3v) is 5.84. The van der Waals surface area contributed by atoms with Gasteiger partial charge in [0.05, 0.1) is 24.7 Å². The smallest absolute Gasteiger partial charge is 0.232 e. The Hall–Kier alpha value is -1.53. The second-order valence-corrected chi connectivity index (χ2v) is 7.54. The minimum atomic E-state index is 0.115. The minimum absolute atomic E-state index is 0.115. The lowest BCUT2D eigenvalue weighted by molar-refractivity contribution is -0.132. The molecule has 2 aliphatic heterocycles. The maximum absolute atomic E-state index is 12.4. The van der Waals surface area contributed by atoms with Crippen molar-refractivity contribution in [2.24, 2.45) is 0 Å². The van der Waals surface area contributed by atoms with E-state index in [1.165, 1.54) is 17.3 Å². The molecule has 0 atom stereocenters. The van der Waals surface area contributed by atoms with Crippen LogP contribution < -0.4 is 0 Å². The molecule has 2 amide bonds. The van der Waals surface area contributed by atoms with E-state index in [0.29, 0.717) is 43.7 Å². The summed E-state index contributed by atoms with van der Waals surface area (Å²) in [7, 11) is 0. The number of piperidine rings is 1. The zero-order chi connectivity index (χ0) is 17.5. The first-order chi connectivity index (χ1) is 12.2. The first kappa shape index (κ1) is 18.3. The maximum Gasteiger partial charge on any atom is 0.232 e. The van der Waals surface area contributed by atoms with E-state index in [1.807, 2.05) is 15.9 Å². The van der Waals surface area contributed by atoms with Crippen LogP contribution in [0.4, 0.5) is 0 Å². The van der Waals surface area contributed by atoms with Gasteiger partial charge in [0.1, 0.15) is 0 Å². The first-order valence-corrected chi connectivity index (χ1v) is 10.2. The van der Waals surface area contributed by atoms with Gasteiger partial charge < -0.3 is 14.5 Å². The average molecular weight is 362 g/mol. The van der Waals surface area contributed by atoms with Crippen LogP contribution in [0.3, 0.4) is 0 Å². The quantitative estimate of drug-likeness (QED) is 0.804. The van der Waals surface area contributed by atoms with Crippen LogP contribution in [0.1, 0.15) is 24.3 Å². The van der Waals surface area contributed by atoms with Gasteiger partial charge in [-0.05, 0) is 24.3 Å². The van der Waals surface area contributed by atoms with Gasteiger partial charge in [-0.15, -0.1) is 11.8 Å². The van der Waals surface area contributed by atoms with Crippen LogP contribution in [0.25, 0.3) is 0 Å². The van der Waals surface area contributed by atoms with Gasteiger partial charge in [0.2, 0.25) is 11.8 Å². The zero-order valence-electron chi connectivity index (χ0n) is 14.6. The number of carbonyl (C=O) groups excluding carboxylic acids is 2. The molecule has 0 saturated carbocycles. The lowest BCUT2D eigenvalue weighted by Gasteiger charge is -2.32. The van der Waals surface area contributed by atoms with Gasteiger partial charge in [-0.2, -0.15) is 0 Å². The molecule has 2 saturated heterocycles. The van der Waals surface area contributed by atoms with Crippen molar-refractivity contribution in [3.63, 3.8) is 0 Å². The highest BCUT2D eigenvalue weighted by molar-refractivity contribution is 8.00. The van der Waals surface area contributed by atoms with Crippen LogP contribution in [0.5, 0.6) is 0 Å². The number of hydrogen-bond acceptors (Lipinski definition) is 4. The van der Waals surface area contributed by atoms with Crippen molar-refractivity contribution in [3.8, 4) is 0 Å². The molecule has 25 heavy (non-hydrogen) atoms. The van der Waals surface area contributed by atoms with Crippen LogP contribution in [-0.4, -0.2) is 72.5 Å². The second-order valence-electron chi connectivity index (χ2n) is 6.55. The second kappa shape index (κ2) is 9.25. The molecule has 5 nitrogen and oxygen atoms in total. The zero-order valence-corrected chi connectivity index (χ0v) is 15.4. The monoisotopic (exact) mass is 362 g/mol. The molecule has 0 aliphatic carbocycles. The van der Waals surface area contributed by atoms with E-state index in [0.717, 1.165) is 25.9 Å². The molecule has 136 valence electrons.